The van der Waals surface area contributed by atoms with Crippen LogP contribution in [0.25, 0.3) is 0 Å². The minimum Gasteiger partial charge on any atom is -0.496 e. The molecule has 0 spiro atoms. The number of likely N-dealkylation sites (N-methyl/N-ethyl adjacent to an activating group) is 1. The molecule has 0 bridgehead atoms. The molecule has 0 heterocycles. The summed E-state index contributed by atoms with van der Waals surface area (Å²) >= 11 is 5.95. The Hall–Kier alpha value is -1.58. The van der Waals surface area contributed by atoms with Crippen LogP contribution < -0.4 is 10.1 Å². The number of halogens is 2. The van der Waals surface area contributed by atoms with Crippen LogP contribution in [0.2, 0.25) is 5.02 Å². The highest BCUT2D eigenvalue weighted by Crippen LogP contribution is 2.26. The van der Waals surface area contributed by atoms with Crippen molar-refractivity contribution < 1.29 is 9.13 Å². The molecular formula is C17H19ClFNO. The van der Waals surface area contributed by atoms with Crippen molar-refractivity contribution >= 4 is 11.6 Å². The summed E-state index contributed by atoms with van der Waals surface area (Å²) < 4.78 is 19.2. The summed E-state index contributed by atoms with van der Waals surface area (Å²) in [6, 6.07) is 10.6. The molecular weight excluding hydrogens is 289 g/mol. The van der Waals surface area contributed by atoms with Gasteiger partial charge in [0.2, 0.25) is 0 Å². The van der Waals surface area contributed by atoms with Crippen molar-refractivity contribution in [3.63, 3.8) is 0 Å². The molecule has 1 unspecified atom stereocenters. The highest BCUT2D eigenvalue weighted by molar-refractivity contribution is 6.30. The largest absolute Gasteiger partial charge is 0.496 e. The highest BCUT2D eigenvalue weighted by Gasteiger charge is 2.14. The van der Waals surface area contributed by atoms with E-state index in [1.807, 2.05) is 32.2 Å². The van der Waals surface area contributed by atoms with Gasteiger partial charge in [-0.3, -0.25) is 0 Å². The van der Waals surface area contributed by atoms with Gasteiger partial charge in [-0.2, -0.15) is 0 Å². The standard InChI is InChI=1S/C17H19ClFNO/c1-11-4-5-12(10-17(11)21-3)16(20-2)9-13-8-14(18)6-7-15(13)19/h4-8,10,16,20H,9H2,1-3H3. The van der Waals surface area contributed by atoms with Crippen LogP contribution in [0.5, 0.6) is 5.75 Å². The molecule has 0 amide bonds. The fourth-order valence-electron chi connectivity index (χ4n) is 2.36. The van der Waals surface area contributed by atoms with E-state index >= 15 is 0 Å². The molecule has 2 nitrogen and oxygen atoms in total. The molecule has 0 saturated heterocycles. The van der Waals surface area contributed by atoms with Crippen LogP contribution in [0, 0.1) is 12.7 Å². The van der Waals surface area contributed by atoms with Crippen molar-refractivity contribution in [3.8, 4) is 5.75 Å². The number of methoxy groups -OCH3 is 1. The summed E-state index contributed by atoms with van der Waals surface area (Å²) in [6.07, 6.45) is 0.523. The minimum absolute atomic E-state index is 0.00698. The Balaban J connectivity index is 2.29. The molecule has 0 aliphatic carbocycles. The molecule has 1 N–H and O–H groups in total. The van der Waals surface area contributed by atoms with Gasteiger partial charge in [-0.15, -0.1) is 0 Å². The van der Waals surface area contributed by atoms with Gasteiger partial charge in [-0.05, 0) is 61.3 Å². The first kappa shape index (κ1) is 15.8. The van der Waals surface area contributed by atoms with E-state index < -0.39 is 0 Å². The van der Waals surface area contributed by atoms with E-state index in [9.17, 15) is 4.39 Å². The monoisotopic (exact) mass is 307 g/mol. The highest BCUT2D eigenvalue weighted by atomic mass is 35.5. The van der Waals surface area contributed by atoms with E-state index in [-0.39, 0.29) is 11.9 Å². The molecule has 21 heavy (non-hydrogen) atoms. The van der Waals surface area contributed by atoms with Crippen molar-refractivity contribution in [2.75, 3.05) is 14.2 Å². The maximum Gasteiger partial charge on any atom is 0.126 e. The molecule has 0 aromatic heterocycles. The van der Waals surface area contributed by atoms with Crippen LogP contribution in [0.15, 0.2) is 36.4 Å². The smallest absolute Gasteiger partial charge is 0.126 e. The van der Waals surface area contributed by atoms with E-state index in [2.05, 4.69) is 5.32 Å². The van der Waals surface area contributed by atoms with Crippen molar-refractivity contribution in [2.24, 2.45) is 0 Å². The molecule has 0 radical (unpaired) electrons. The average molecular weight is 308 g/mol. The summed E-state index contributed by atoms with van der Waals surface area (Å²) in [6.45, 7) is 1.99. The third-order valence-corrected chi connectivity index (χ3v) is 3.85. The van der Waals surface area contributed by atoms with Gasteiger partial charge in [0.1, 0.15) is 11.6 Å². The van der Waals surface area contributed by atoms with E-state index in [1.54, 1.807) is 19.2 Å². The maximum absolute atomic E-state index is 13.9. The zero-order valence-electron chi connectivity index (χ0n) is 12.4. The van der Waals surface area contributed by atoms with Crippen LogP contribution in [0.3, 0.4) is 0 Å². The second-order valence-corrected chi connectivity index (χ2v) is 5.45. The summed E-state index contributed by atoms with van der Waals surface area (Å²) in [4.78, 5) is 0. The average Bonchev–Trinajstić information content (AvgIpc) is 2.49. The third kappa shape index (κ3) is 3.74. The first-order chi connectivity index (χ1) is 10.0. The second kappa shape index (κ2) is 6.92. The Kier molecular flexibility index (Phi) is 5.21. The number of benzene rings is 2. The Bertz CT molecular complexity index is 630. The molecule has 2 aromatic rings. The van der Waals surface area contributed by atoms with Crippen molar-refractivity contribution in [1.29, 1.82) is 0 Å². The fourth-order valence-corrected chi connectivity index (χ4v) is 2.55. The van der Waals surface area contributed by atoms with E-state index in [4.69, 9.17) is 16.3 Å². The van der Waals surface area contributed by atoms with Crippen molar-refractivity contribution in [3.05, 3.63) is 63.9 Å². The Morgan fingerprint density at radius 3 is 2.67 bits per heavy atom. The number of ether oxygens (including phenoxy) is 1. The normalized spacial score (nSPS) is 12.2. The second-order valence-electron chi connectivity index (χ2n) is 5.01. The molecule has 2 aromatic carbocycles. The van der Waals surface area contributed by atoms with Crippen molar-refractivity contribution in [1.82, 2.24) is 5.32 Å². The Morgan fingerprint density at radius 1 is 1.24 bits per heavy atom. The summed E-state index contributed by atoms with van der Waals surface area (Å²) in [7, 11) is 3.51. The molecule has 0 fully saturated rings. The summed E-state index contributed by atoms with van der Waals surface area (Å²) in [5.74, 6) is 0.595. The molecule has 0 aliphatic heterocycles. The molecule has 112 valence electrons. The topological polar surface area (TPSA) is 21.3 Å². The molecule has 0 aliphatic rings. The minimum atomic E-state index is -0.237. The van der Waals surface area contributed by atoms with Gasteiger partial charge >= 0.3 is 0 Å². The van der Waals surface area contributed by atoms with Crippen LogP contribution in [0.1, 0.15) is 22.7 Å². The first-order valence-corrected chi connectivity index (χ1v) is 7.18. The quantitative estimate of drug-likeness (QED) is 0.889. The molecule has 2 rings (SSSR count). The molecule has 0 saturated carbocycles. The van der Waals surface area contributed by atoms with Gasteiger partial charge in [0, 0.05) is 11.1 Å². The lowest BCUT2D eigenvalue weighted by atomic mass is 9.97. The van der Waals surface area contributed by atoms with Gasteiger partial charge in [-0.25, -0.2) is 4.39 Å². The van der Waals surface area contributed by atoms with Crippen molar-refractivity contribution in [2.45, 2.75) is 19.4 Å². The zero-order chi connectivity index (χ0) is 15.4. The summed E-state index contributed by atoms with van der Waals surface area (Å²) in [5.41, 5.74) is 2.73. The Labute approximate surface area is 129 Å². The SMILES string of the molecule is CNC(Cc1cc(Cl)ccc1F)c1ccc(C)c(OC)c1. The van der Waals surface area contributed by atoms with Crippen LogP contribution in [-0.4, -0.2) is 14.2 Å². The fraction of sp³-hybridized carbons (Fsp3) is 0.294. The lowest BCUT2D eigenvalue weighted by Crippen LogP contribution is -2.19. The van der Waals surface area contributed by atoms with Gasteiger partial charge in [0.05, 0.1) is 7.11 Å². The van der Waals surface area contributed by atoms with E-state index in [0.717, 1.165) is 16.9 Å². The zero-order valence-corrected chi connectivity index (χ0v) is 13.2. The van der Waals surface area contributed by atoms with E-state index in [1.165, 1.54) is 6.07 Å². The van der Waals surface area contributed by atoms with Crippen LogP contribution in [0.4, 0.5) is 4.39 Å². The van der Waals surface area contributed by atoms with Crippen LogP contribution in [-0.2, 0) is 6.42 Å². The van der Waals surface area contributed by atoms with Gasteiger partial charge in [0.15, 0.2) is 0 Å². The number of rotatable bonds is 5. The number of hydrogen-bond donors (Lipinski definition) is 1. The maximum atomic E-state index is 13.9. The van der Waals surface area contributed by atoms with E-state index in [0.29, 0.717) is 17.0 Å². The predicted octanol–water partition coefficient (Wildman–Crippen LogP) is 4.30. The van der Waals surface area contributed by atoms with Gasteiger partial charge < -0.3 is 10.1 Å². The predicted molar refractivity (Wildman–Crippen MR) is 84.6 cm³/mol. The molecule has 1 atom stereocenters. The number of nitrogens with one attached hydrogen (secondary N) is 1. The van der Waals surface area contributed by atoms with Crippen LogP contribution >= 0.6 is 11.6 Å². The Morgan fingerprint density at radius 2 is 2.00 bits per heavy atom. The number of hydrogen-bond acceptors (Lipinski definition) is 2. The lowest BCUT2D eigenvalue weighted by Gasteiger charge is -2.19. The lowest BCUT2D eigenvalue weighted by molar-refractivity contribution is 0.410. The van der Waals surface area contributed by atoms with Gasteiger partial charge in [0.25, 0.3) is 0 Å². The first-order valence-electron chi connectivity index (χ1n) is 6.81. The third-order valence-electron chi connectivity index (χ3n) is 3.61. The number of aryl methyl sites for hydroxylation is 1. The summed E-state index contributed by atoms with van der Waals surface area (Å²) in [5, 5.41) is 3.76. The van der Waals surface area contributed by atoms with Gasteiger partial charge in [-0.1, -0.05) is 23.7 Å². The molecule has 4 heteroatoms.